The van der Waals surface area contributed by atoms with E-state index in [9.17, 15) is 9.18 Å². The smallest absolute Gasteiger partial charge is 0.411 e. The number of halogens is 2. The van der Waals surface area contributed by atoms with Crippen LogP contribution < -0.4 is 5.32 Å². The highest BCUT2D eigenvalue weighted by molar-refractivity contribution is 6.31. The van der Waals surface area contributed by atoms with Gasteiger partial charge in [-0.25, -0.2) is 9.18 Å². The van der Waals surface area contributed by atoms with E-state index in [1.165, 1.54) is 19.3 Å². The molecule has 0 unspecified atom stereocenters. The maximum absolute atomic E-state index is 13.1. The molecule has 0 bridgehead atoms. The van der Waals surface area contributed by atoms with Crippen LogP contribution in [0.5, 0.6) is 0 Å². The Morgan fingerprint density at radius 3 is 2.87 bits per heavy atom. The Morgan fingerprint density at radius 2 is 2.33 bits per heavy atom. The molecule has 0 radical (unpaired) electrons. The molecular weight excluding hydrogens is 221 g/mol. The normalized spacial score (nSPS) is 9.53. The molecule has 5 heteroatoms. The lowest BCUT2D eigenvalue weighted by Gasteiger charge is -2.08. The number of ether oxygens (including phenoxy) is 1. The van der Waals surface area contributed by atoms with Gasteiger partial charge in [-0.15, -0.1) is 0 Å². The SMILES string of the molecule is C=Cc1cc(Cl)c(F)cc1NC(=O)OC. The van der Waals surface area contributed by atoms with Crippen molar-refractivity contribution in [1.29, 1.82) is 0 Å². The van der Waals surface area contributed by atoms with Gasteiger partial charge in [-0.05, 0) is 17.7 Å². The number of amides is 1. The van der Waals surface area contributed by atoms with E-state index in [-0.39, 0.29) is 10.7 Å². The first-order chi connectivity index (χ1) is 7.08. The fourth-order valence-electron chi connectivity index (χ4n) is 1.00. The molecule has 0 spiro atoms. The van der Waals surface area contributed by atoms with E-state index in [4.69, 9.17) is 11.6 Å². The monoisotopic (exact) mass is 229 g/mol. The van der Waals surface area contributed by atoms with Crippen LogP contribution in [0, 0.1) is 5.82 Å². The third kappa shape index (κ3) is 2.70. The molecule has 1 rings (SSSR count). The predicted molar refractivity (Wildman–Crippen MR) is 57.5 cm³/mol. The molecule has 0 aliphatic heterocycles. The molecule has 15 heavy (non-hydrogen) atoms. The van der Waals surface area contributed by atoms with Crippen molar-refractivity contribution in [3.63, 3.8) is 0 Å². The largest absolute Gasteiger partial charge is 0.453 e. The molecule has 1 amide bonds. The van der Waals surface area contributed by atoms with Crippen molar-refractivity contribution in [2.45, 2.75) is 0 Å². The summed E-state index contributed by atoms with van der Waals surface area (Å²) in [6, 6.07) is 2.48. The van der Waals surface area contributed by atoms with E-state index >= 15 is 0 Å². The Bertz CT molecular complexity index is 407. The fourth-order valence-corrected chi connectivity index (χ4v) is 1.17. The van der Waals surface area contributed by atoms with Crippen molar-refractivity contribution in [2.24, 2.45) is 0 Å². The molecule has 0 heterocycles. The summed E-state index contributed by atoms with van der Waals surface area (Å²) in [5.41, 5.74) is 0.783. The zero-order chi connectivity index (χ0) is 11.4. The molecule has 0 saturated heterocycles. The minimum Gasteiger partial charge on any atom is -0.453 e. The van der Waals surface area contributed by atoms with Gasteiger partial charge in [0.1, 0.15) is 5.82 Å². The molecule has 1 N–H and O–H groups in total. The second-order valence-corrected chi connectivity index (χ2v) is 3.08. The average molecular weight is 230 g/mol. The molecule has 1 aromatic rings. The van der Waals surface area contributed by atoms with E-state index in [1.54, 1.807) is 0 Å². The number of methoxy groups -OCH3 is 1. The van der Waals surface area contributed by atoms with Crippen LogP contribution in [0.25, 0.3) is 6.08 Å². The van der Waals surface area contributed by atoms with Gasteiger partial charge >= 0.3 is 6.09 Å². The Hall–Kier alpha value is -1.55. The molecule has 3 nitrogen and oxygen atoms in total. The molecule has 1 aromatic carbocycles. The van der Waals surface area contributed by atoms with E-state index < -0.39 is 11.9 Å². The molecule has 0 aromatic heterocycles. The summed E-state index contributed by atoms with van der Waals surface area (Å²) < 4.78 is 17.5. The number of anilines is 1. The molecule has 0 fully saturated rings. The van der Waals surface area contributed by atoms with Crippen molar-refractivity contribution < 1.29 is 13.9 Å². The van der Waals surface area contributed by atoms with Crippen LogP contribution in [-0.4, -0.2) is 13.2 Å². The molecule has 0 aliphatic rings. The van der Waals surface area contributed by atoms with Crippen LogP contribution in [0.15, 0.2) is 18.7 Å². The highest BCUT2D eigenvalue weighted by atomic mass is 35.5. The van der Waals surface area contributed by atoms with E-state index in [0.717, 1.165) is 6.07 Å². The number of carbonyl (C=O) groups excluding carboxylic acids is 1. The summed E-state index contributed by atoms with van der Waals surface area (Å²) in [6.45, 7) is 3.52. The second kappa shape index (κ2) is 4.79. The van der Waals surface area contributed by atoms with Gasteiger partial charge in [0.2, 0.25) is 0 Å². The van der Waals surface area contributed by atoms with Gasteiger partial charge in [-0.2, -0.15) is 0 Å². The third-order valence-corrected chi connectivity index (χ3v) is 2.02. The number of hydrogen-bond donors (Lipinski definition) is 1. The van der Waals surface area contributed by atoms with Crippen molar-refractivity contribution in [1.82, 2.24) is 0 Å². The first-order valence-corrected chi connectivity index (χ1v) is 4.42. The van der Waals surface area contributed by atoms with Crippen LogP contribution in [0.4, 0.5) is 14.9 Å². The third-order valence-electron chi connectivity index (χ3n) is 1.73. The number of hydrogen-bond acceptors (Lipinski definition) is 2. The predicted octanol–water partition coefficient (Wildman–Crippen LogP) is 3.30. The standard InChI is InChI=1S/C10H9ClFNO2/c1-3-6-4-7(11)8(12)5-9(6)13-10(14)15-2/h3-5H,1H2,2H3,(H,13,14). The average Bonchev–Trinajstić information content (AvgIpc) is 2.22. The lowest BCUT2D eigenvalue weighted by atomic mass is 10.1. The van der Waals surface area contributed by atoms with Crippen LogP contribution in [0.1, 0.15) is 5.56 Å². The van der Waals surface area contributed by atoms with E-state index in [2.05, 4.69) is 16.6 Å². The van der Waals surface area contributed by atoms with Crippen LogP contribution in [0.2, 0.25) is 5.02 Å². The van der Waals surface area contributed by atoms with Crippen molar-refractivity contribution >= 4 is 29.5 Å². The highest BCUT2D eigenvalue weighted by Crippen LogP contribution is 2.25. The fraction of sp³-hybridized carbons (Fsp3) is 0.100. The maximum Gasteiger partial charge on any atom is 0.411 e. The minimum absolute atomic E-state index is 0.0275. The van der Waals surface area contributed by atoms with Gasteiger partial charge in [0.15, 0.2) is 0 Å². The van der Waals surface area contributed by atoms with E-state index in [1.807, 2.05) is 0 Å². The number of rotatable bonds is 2. The van der Waals surface area contributed by atoms with Crippen molar-refractivity contribution in [2.75, 3.05) is 12.4 Å². The quantitative estimate of drug-likeness (QED) is 0.845. The van der Waals surface area contributed by atoms with Gasteiger partial charge in [-0.3, -0.25) is 5.32 Å². The highest BCUT2D eigenvalue weighted by Gasteiger charge is 2.09. The topological polar surface area (TPSA) is 38.3 Å². The van der Waals surface area contributed by atoms with Crippen molar-refractivity contribution in [3.8, 4) is 0 Å². The molecule has 0 saturated carbocycles. The minimum atomic E-state index is -0.681. The Morgan fingerprint density at radius 1 is 1.67 bits per heavy atom. The van der Waals surface area contributed by atoms with Crippen LogP contribution >= 0.6 is 11.6 Å². The summed E-state index contributed by atoms with van der Waals surface area (Å²) in [6.07, 6.45) is 0.774. The van der Waals surface area contributed by atoms with Gasteiger partial charge in [0.05, 0.1) is 17.8 Å². The summed E-state index contributed by atoms with van der Waals surface area (Å²) in [4.78, 5) is 10.9. The molecule has 0 atom stereocenters. The van der Waals surface area contributed by atoms with Gasteiger partial charge in [-0.1, -0.05) is 24.3 Å². The summed E-state index contributed by atoms with van der Waals surface area (Å²) in [5.74, 6) is -0.617. The van der Waals surface area contributed by atoms with Crippen LogP contribution in [-0.2, 0) is 4.74 Å². The Balaban J connectivity index is 3.10. The van der Waals surface area contributed by atoms with Gasteiger partial charge in [0.25, 0.3) is 0 Å². The number of nitrogens with one attached hydrogen (secondary N) is 1. The van der Waals surface area contributed by atoms with E-state index in [0.29, 0.717) is 5.56 Å². The number of benzene rings is 1. The summed E-state index contributed by atoms with van der Waals surface area (Å²) in [7, 11) is 1.22. The summed E-state index contributed by atoms with van der Waals surface area (Å²) in [5, 5.41) is 2.32. The lowest BCUT2D eigenvalue weighted by Crippen LogP contribution is -2.12. The summed E-state index contributed by atoms with van der Waals surface area (Å²) >= 11 is 5.57. The first kappa shape index (κ1) is 11.5. The zero-order valence-electron chi connectivity index (χ0n) is 8.01. The van der Waals surface area contributed by atoms with Crippen LogP contribution in [0.3, 0.4) is 0 Å². The van der Waals surface area contributed by atoms with Crippen molar-refractivity contribution in [3.05, 3.63) is 35.1 Å². The van der Waals surface area contributed by atoms with Gasteiger partial charge in [0, 0.05) is 0 Å². The second-order valence-electron chi connectivity index (χ2n) is 2.67. The lowest BCUT2D eigenvalue weighted by molar-refractivity contribution is 0.187. The number of carbonyl (C=O) groups is 1. The first-order valence-electron chi connectivity index (χ1n) is 4.05. The Kier molecular flexibility index (Phi) is 3.68. The zero-order valence-corrected chi connectivity index (χ0v) is 8.77. The maximum atomic E-state index is 13.1. The Labute approximate surface area is 91.5 Å². The van der Waals surface area contributed by atoms with Gasteiger partial charge < -0.3 is 4.74 Å². The molecule has 80 valence electrons. The molecular formula is C10H9ClFNO2. The molecule has 0 aliphatic carbocycles.